The number of ether oxygens (including phenoxy) is 1. The van der Waals surface area contributed by atoms with Gasteiger partial charge in [0.25, 0.3) is 0 Å². The van der Waals surface area contributed by atoms with Crippen LogP contribution in [-0.4, -0.2) is 21.6 Å². The lowest BCUT2D eigenvalue weighted by molar-refractivity contribution is 0.415. The minimum Gasteiger partial charge on any atom is -0.497 e. The number of benzene rings is 2. The molecular weight excluding hydrogens is 362 g/mol. The van der Waals surface area contributed by atoms with Crippen LogP contribution in [0.25, 0.3) is 21.3 Å². The second-order valence-corrected chi connectivity index (χ2v) is 7.30. The van der Waals surface area contributed by atoms with Gasteiger partial charge in [-0.05, 0) is 45.8 Å². The zero-order valence-electron chi connectivity index (χ0n) is 11.8. The van der Waals surface area contributed by atoms with E-state index in [1.807, 2.05) is 24.5 Å². The first-order chi connectivity index (χ1) is 10.7. The van der Waals surface area contributed by atoms with E-state index in [0.717, 1.165) is 32.8 Å². The minimum absolute atomic E-state index is 0.786. The lowest BCUT2D eigenvalue weighted by Gasteiger charge is -2.05. The van der Waals surface area contributed by atoms with Crippen molar-refractivity contribution in [2.75, 3.05) is 7.11 Å². The van der Waals surface area contributed by atoms with E-state index < -0.39 is 0 Å². The molecule has 0 saturated carbocycles. The number of aromatic nitrogens is 3. The highest BCUT2D eigenvalue weighted by Gasteiger charge is 2.07. The summed E-state index contributed by atoms with van der Waals surface area (Å²) in [6.45, 7) is 0.786. The largest absolute Gasteiger partial charge is 0.497 e. The van der Waals surface area contributed by atoms with Crippen molar-refractivity contribution in [1.29, 1.82) is 0 Å². The Kier molecular flexibility index (Phi) is 3.35. The maximum atomic E-state index is 5.24. The van der Waals surface area contributed by atoms with Crippen LogP contribution < -0.4 is 4.74 Å². The molecule has 0 fully saturated rings. The lowest BCUT2D eigenvalue weighted by atomic mass is 10.2. The number of nitrogens with zero attached hydrogens (tertiary/aromatic N) is 3. The molecule has 0 aliphatic carbocycles. The van der Waals surface area contributed by atoms with Crippen molar-refractivity contribution in [3.63, 3.8) is 0 Å². The van der Waals surface area contributed by atoms with E-state index in [4.69, 9.17) is 4.74 Å². The van der Waals surface area contributed by atoms with Gasteiger partial charge in [0.1, 0.15) is 5.75 Å². The van der Waals surface area contributed by atoms with Gasteiger partial charge in [0, 0.05) is 12.6 Å². The van der Waals surface area contributed by atoms with Gasteiger partial charge in [-0.15, -0.1) is 11.3 Å². The predicted molar refractivity (Wildman–Crippen MR) is 92.7 cm³/mol. The quantitative estimate of drug-likeness (QED) is 0.531. The molecule has 2 heterocycles. The fraction of sp³-hybridized carbons (Fsp3) is 0.125. The Bertz CT molecular complexity index is 976. The van der Waals surface area contributed by atoms with E-state index >= 15 is 0 Å². The van der Waals surface area contributed by atoms with Crippen LogP contribution in [0, 0.1) is 0 Å². The van der Waals surface area contributed by atoms with Crippen LogP contribution in [0.3, 0.4) is 0 Å². The van der Waals surface area contributed by atoms with Crippen LogP contribution in [0.1, 0.15) is 5.56 Å². The highest BCUT2D eigenvalue weighted by Crippen LogP contribution is 2.27. The Balaban J connectivity index is 1.72. The molecule has 4 aromatic rings. The smallest absolute Gasteiger partial charge is 0.160 e. The summed E-state index contributed by atoms with van der Waals surface area (Å²) in [5.74, 6) is 0.827. The van der Waals surface area contributed by atoms with Crippen molar-refractivity contribution in [1.82, 2.24) is 14.5 Å². The molecule has 0 radical (unpaired) electrons. The van der Waals surface area contributed by atoms with Crippen LogP contribution in [0.4, 0.5) is 0 Å². The average Bonchev–Trinajstić information content (AvgIpc) is 3.09. The molecule has 4 nitrogen and oxygen atoms in total. The standard InChI is InChI=1S/C16H12BrN3OS/c1-21-11-3-5-14-13(7-11)18-9-20(14)8-10-2-4-12-15(6-10)22-16(17)19-12/h2-7,9H,8H2,1H3. The number of imidazole rings is 1. The second kappa shape index (κ2) is 5.37. The molecule has 110 valence electrons. The minimum atomic E-state index is 0.786. The first-order valence-electron chi connectivity index (χ1n) is 6.77. The summed E-state index contributed by atoms with van der Waals surface area (Å²) < 4.78 is 9.49. The third kappa shape index (κ3) is 2.38. The van der Waals surface area contributed by atoms with E-state index in [1.54, 1.807) is 18.4 Å². The Labute approximate surface area is 139 Å². The molecule has 2 aromatic carbocycles. The first-order valence-corrected chi connectivity index (χ1v) is 8.38. The summed E-state index contributed by atoms with van der Waals surface area (Å²) in [6.07, 6.45) is 1.87. The van der Waals surface area contributed by atoms with Gasteiger partial charge in [0.05, 0.1) is 34.7 Å². The average molecular weight is 374 g/mol. The van der Waals surface area contributed by atoms with E-state index in [0.29, 0.717) is 0 Å². The molecule has 4 rings (SSSR count). The van der Waals surface area contributed by atoms with Crippen molar-refractivity contribution < 1.29 is 4.74 Å². The van der Waals surface area contributed by atoms with Gasteiger partial charge in [-0.2, -0.15) is 0 Å². The second-order valence-electron chi connectivity index (χ2n) is 5.00. The summed E-state index contributed by atoms with van der Waals surface area (Å²) in [7, 11) is 1.67. The molecule has 0 spiro atoms. The normalized spacial score (nSPS) is 11.4. The Morgan fingerprint density at radius 2 is 2.09 bits per heavy atom. The molecule has 0 amide bonds. The number of halogens is 1. The molecule has 0 N–H and O–H groups in total. The van der Waals surface area contributed by atoms with Gasteiger partial charge in [-0.25, -0.2) is 9.97 Å². The zero-order chi connectivity index (χ0) is 15.1. The first kappa shape index (κ1) is 13.7. The molecule has 6 heteroatoms. The number of hydrogen-bond donors (Lipinski definition) is 0. The third-order valence-electron chi connectivity index (χ3n) is 3.61. The lowest BCUT2D eigenvalue weighted by Crippen LogP contribution is -1.97. The highest BCUT2D eigenvalue weighted by atomic mass is 79.9. The molecule has 0 saturated heterocycles. The maximum Gasteiger partial charge on any atom is 0.160 e. The molecule has 0 atom stereocenters. The topological polar surface area (TPSA) is 39.9 Å². The van der Waals surface area contributed by atoms with Crippen molar-refractivity contribution >= 4 is 48.5 Å². The summed E-state index contributed by atoms with van der Waals surface area (Å²) in [5, 5.41) is 0. The predicted octanol–water partition coefficient (Wildman–Crippen LogP) is 4.47. The maximum absolute atomic E-state index is 5.24. The van der Waals surface area contributed by atoms with E-state index in [1.165, 1.54) is 10.3 Å². The van der Waals surface area contributed by atoms with Gasteiger partial charge in [0.2, 0.25) is 0 Å². The Morgan fingerprint density at radius 1 is 1.18 bits per heavy atom. The van der Waals surface area contributed by atoms with Crippen molar-refractivity contribution in [2.45, 2.75) is 6.54 Å². The van der Waals surface area contributed by atoms with Crippen LogP contribution in [0.5, 0.6) is 5.75 Å². The van der Waals surface area contributed by atoms with Crippen LogP contribution in [-0.2, 0) is 6.54 Å². The summed E-state index contributed by atoms with van der Waals surface area (Å²) in [5.41, 5.74) is 4.31. The van der Waals surface area contributed by atoms with Crippen LogP contribution in [0.2, 0.25) is 0 Å². The SMILES string of the molecule is COc1ccc2c(c1)ncn2Cc1ccc2nc(Br)sc2c1. The van der Waals surface area contributed by atoms with Crippen molar-refractivity contribution in [2.24, 2.45) is 0 Å². The third-order valence-corrected chi connectivity index (χ3v) is 5.08. The molecule has 0 aliphatic rings. The van der Waals surface area contributed by atoms with Gasteiger partial charge in [-0.1, -0.05) is 6.07 Å². The van der Waals surface area contributed by atoms with Gasteiger partial charge >= 0.3 is 0 Å². The van der Waals surface area contributed by atoms with Crippen molar-refractivity contribution in [3.05, 3.63) is 52.2 Å². The fourth-order valence-electron chi connectivity index (χ4n) is 2.53. The Morgan fingerprint density at radius 3 is 2.95 bits per heavy atom. The van der Waals surface area contributed by atoms with Gasteiger partial charge < -0.3 is 9.30 Å². The fourth-order valence-corrected chi connectivity index (χ4v) is 4.00. The van der Waals surface area contributed by atoms with Gasteiger partial charge in [-0.3, -0.25) is 0 Å². The number of thiazole rings is 1. The van der Waals surface area contributed by atoms with Crippen LogP contribution >= 0.6 is 27.3 Å². The molecule has 0 bridgehead atoms. The van der Waals surface area contributed by atoms with E-state index in [-0.39, 0.29) is 0 Å². The van der Waals surface area contributed by atoms with E-state index in [2.05, 4.69) is 48.7 Å². The molecule has 2 aromatic heterocycles. The van der Waals surface area contributed by atoms with Gasteiger partial charge in [0.15, 0.2) is 3.92 Å². The van der Waals surface area contributed by atoms with E-state index in [9.17, 15) is 0 Å². The number of methoxy groups -OCH3 is 1. The number of hydrogen-bond acceptors (Lipinski definition) is 4. The molecule has 22 heavy (non-hydrogen) atoms. The monoisotopic (exact) mass is 373 g/mol. The van der Waals surface area contributed by atoms with Crippen LogP contribution in [0.15, 0.2) is 46.6 Å². The molecular formula is C16H12BrN3OS. The Hall–Kier alpha value is -1.92. The number of fused-ring (bicyclic) bond motifs is 2. The zero-order valence-corrected chi connectivity index (χ0v) is 14.2. The number of rotatable bonds is 3. The van der Waals surface area contributed by atoms with Crippen molar-refractivity contribution in [3.8, 4) is 5.75 Å². The molecule has 0 aliphatic heterocycles. The highest BCUT2D eigenvalue weighted by molar-refractivity contribution is 9.11. The summed E-state index contributed by atoms with van der Waals surface area (Å²) in [4.78, 5) is 8.88. The summed E-state index contributed by atoms with van der Waals surface area (Å²) >= 11 is 5.09. The summed E-state index contributed by atoms with van der Waals surface area (Å²) in [6, 6.07) is 12.3. The molecule has 0 unspecified atom stereocenters.